The number of amides is 1. The molecule has 0 fully saturated rings. The van der Waals surface area contributed by atoms with Crippen LogP contribution in [0.1, 0.15) is 11.6 Å². The molecule has 134 valence electrons. The van der Waals surface area contributed by atoms with Gasteiger partial charge in [-0.3, -0.25) is 4.79 Å². The molecule has 0 saturated heterocycles. The monoisotopic (exact) mass is 345 g/mol. The molecule has 0 heterocycles. The summed E-state index contributed by atoms with van der Waals surface area (Å²) in [7, 11) is 5.60. The number of halogens is 1. The average Bonchev–Trinajstić information content (AvgIpc) is 2.60. The number of hydrogen-bond acceptors (Lipinski definition) is 4. The van der Waals surface area contributed by atoms with Gasteiger partial charge in [0.1, 0.15) is 11.6 Å². The molecule has 25 heavy (non-hydrogen) atoms. The van der Waals surface area contributed by atoms with Crippen LogP contribution in [-0.2, 0) is 4.79 Å². The van der Waals surface area contributed by atoms with Crippen molar-refractivity contribution in [3.05, 3.63) is 59.9 Å². The number of nitrogens with zero attached hydrogens (tertiary/aromatic N) is 1. The molecule has 0 spiro atoms. The maximum Gasteiger partial charge on any atom is 0.238 e. The Hall–Kier alpha value is -2.44. The Morgan fingerprint density at radius 2 is 1.84 bits per heavy atom. The number of benzene rings is 2. The summed E-state index contributed by atoms with van der Waals surface area (Å²) < 4.78 is 18.7. The van der Waals surface area contributed by atoms with Crippen LogP contribution in [0.25, 0.3) is 0 Å². The maximum absolute atomic E-state index is 13.5. The Bertz CT molecular complexity index is 689. The van der Waals surface area contributed by atoms with E-state index in [-0.39, 0.29) is 24.2 Å². The minimum absolute atomic E-state index is 0.104. The topological polar surface area (TPSA) is 53.6 Å². The third-order valence-corrected chi connectivity index (χ3v) is 3.90. The van der Waals surface area contributed by atoms with Crippen molar-refractivity contribution in [2.45, 2.75) is 6.04 Å². The smallest absolute Gasteiger partial charge is 0.238 e. The third-order valence-electron chi connectivity index (χ3n) is 3.90. The van der Waals surface area contributed by atoms with Gasteiger partial charge >= 0.3 is 0 Å². The molecule has 2 aromatic rings. The summed E-state index contributed by atoms with van der Waals surface area (Å²) in [6, 6.07) is 14.1. The molecule has 5 nitrogen and oxygen atoms in total. The standard InChI is InChI=1S/C19H24FN3O2/c1-23(2)18(14-8-10-15(25-3)11-9-14)12-21-13-19(24)22-17-7-5-4-6-16(17)20/h4-11,18,21H,12-13H2,1-3H3,(H,22,24)/t18-/m1/s1. The van der Waals surface area contributed by atoms with E-state index in [4.69, 9.17) is 4.74 Å². The first kappa shape index (κ1) is 18.9. The van der Waals surface area contributed by atoms with E-state index >= 15 is 0 Å². The number of likely N-dealkylation sites (N-methyl/N-ethyl adjacent to an activating group) is 1. The number of nitrogens with one attached hydrogen (secondary N) is 2. The Morgan fingerprint density at radius 3 is 2.44 bits per heavy atom. The lowest BCUT2D eigenvalue weighted by Crippen LogP contribution is -2.35. The Labute approximate surface area is 147 Å². The predicted octanol–water partition coefficient (Wildman–Crippen LogP) is 2.67. The fourth-order valence-electron chi connectivity index (χ4n) is 2.50. The molecule has 0 unspecified atom stereocenters. The zero-order valence-electron chi connectivity index (χ0n) is 14.8. The molecule has 0 bridgehead atoms. The minimum Gasteiger partial charge on any atom is -0.497 e. The molecule has 1 amide bonds. The van der Waals surface area contributed by atoms with Crippen molar-refractivity contribution in [3.63, 3.8) is 0 Å². The van der Waals surface area contributed by atoms with E-state index in [1.54, 1.807) is 19.2 Å². The Kier molecular flexibility index (Phi) is 6.91. The van der Waals surface area contributed by atoms with Crippen LogP contribution >= 0.6 is 0 Å². The quantitative estimate of drug-likeness (QED) is 0.772. The molecule has 0 aliphatic carbocycles. The van der Waals surface area contributed by atoms with Gasteiger partial charge in [-0.2, -0.15) is 0 Å². The predicted molar refractivity (Wildman–Crippen MR) is 97.3 cm³/mol. The van der Waals surface area contributed by atoms with Crippen LogP contribution in [0.4, 0.5) is 10.1 Å². The van der Waals surface area contributed by atoms with Crippen molar-refractivity contribution >= 4 is 11.6 Å². The zero-order valence-corrected chi connectivity index (χ0v) is 14.8. The van der Waals surface area contributed by atoms with Gasteiger partial charge in [0, 0.05) is 12.6 Å². The molecule has 0 aliphatic rings. The van der Waals surface area contributed by atoms with Crippen molar-refractivity contribution in [2.75, 3.05) is 39.6 Å². The van der Waals surface area contributed by atoms with E-state index in [0.29, 0.717) is 6.54 Å². The number of methoxy groups -OCH3 is 1. The highest BCUT2D eigenvalue weighted by Crippen LogP contribution is 2.20. The van der Waals surface area contributed by atoms with Gasteiger partial charge < -0.3 is 20.3 Å². The van der Waals surface area contributed by atoms with Gasteiger partial charge in [0.25, 0.3) is 0 Å². The largest absolute Gasteiger partial charge is 0.497 e. The summed E-state index contributed by atoms with van der Waals surface area (Å²) in [4.78, 5) is 14.0. The molecular weight excluding hydrogens is 321 g/mol. The summed E-state index contributed by atoms with van der Waals surface area (Å²) in [5.41, 5.74) is 1.31. The fourth-order valence-corrected chi connectivity index (χ4v) is 2.50. The molecule has 1 atom stereocenters. The number of para-hydroxylation sites is 1. The van der Waals surface area contributed by atoms with Crippen LogP contribution in [0.2, 0.25) is 0 Å². The summed E-state index contributed by atoms with van der Waals surface area (Å²) >= 11 is 0. The van der Waals surface area contributed by atoms with Crippen molar-refractivity contribution in [2.24, 2.45) is 0 Å². The second kappa shape index (κ2) is 9.15. The summed E-state index contributed by atoms with van der Waals surface area (Å²) in [5, 5.41) is 5.69. The highest BCUT2D eigenvalue weighted by atomic mass is 19.1. The highest BCUT2D eigenvalue weighted by Gasteiger charge is 2.15. The van der Waals surface area contributed by atoms with E-state index in [1.165, 1.54) is 12.1 Å². The lowest BCUT2D eigenvalue weighted by atomic mass is 10.1. The van der Waals surface area contributed by atoms with Gasteiger partial charge in [0.05, 0.1) is 19.3 Å². The number of carbonyl (C=O) groups excluding carboxylic acids is 1. The molecule has 2 rings (SSSR count). The van der Waals surface area contributed by atoms with Crippen molar-refractivity contribution in [1.29, 1.82) is 0 Å². The number of carbonyl (C=O) groups is 1. The van der Waals surface area contributed by atoms with Crippen LogP contribution in [-0.4, -0.2) is 45.1 Å². The van der Waals surface area contributed by atoms with Gasteiger partial charge in [0.2, 0.25) is 5.91 Å². The molecule has 0 saturated carbocycles. The minimum atomic E-state index is -0.444. The Balaban J connectivity index is 1.88. The summed E-state index contributed by atoms with van der Waals surface area (Å²) in [5.74, 6) is 0.0797. The maximum atomic E-state index is 13.5. The van der Waals surface area contributed by atoms with E-state index < -0.39 is 5.82 Å². The summed E-state index contributed by atoms with van der Waals surface area (Å²) in [6.07, 6.45) is 0. The molecule has 2 N–H and O–H groups in total. The van der Waals surface area contributed by atoms with E-state index in [9.17, 15) is 9.18 Å². The van der Waals surface area contributed by atoms with Crippen LogP contribution in [0.3, 0.4) is 0 Å². The Morgan fingerprint density at radius 1 is 1.16 bits per heavy atom. The lowest BCUT2D eigenvalue weighted by molar-refractivity contribution is -0.115. The van der Waals surface area contributed by atoms with Crippen LogP contribution < -0.4 is 15.4 Å². The molecule has 0 radical (unpaired) electrons. The molecule has 6 heteroatoms. The van der Waals surface area contributed by atoms with Crippen molar-refractivity contribution < 1.29 is 13.9 Å². The first-order valence-electron chi connectivity index (χ1n) is 8.06. The number of hydrogen-bond donors (Lipinski definition) is 2. The normalized spacial score (nSPS) is 12.0. The number of ether oxygens (including phenoxy) is 1. The SMILES string of the molecule is COc1ccc([C@@H](CNCC(=O)Nc2ccccc2F)N(C)C)cc1. The molecule has 0 aliphatic heterocycles. The molecular formula is C19H24FN3O2. The second-order valence-electron chi connectivity index (χ2n) is 5.91. The van der Waals surface area contributed by atoms with Crippen molar-refractivity contribution in [3.8, 4) is 5.75 Å². The average molecular weight is 345 g/mol. The van der Waals surface area contributed by atoms with Crippen LogP contribution in [0.15, 0.2) is 48.5 Å². The zero-order chi connectivity index (χ0) is 18.2. The third kappa shape index (κ3) is 5.55. The first-order chi connectivity index (χ1) is 12.0. The van der Waals surface area contributed by atoms with Gasteiger partial charge in [-0.25, -0.2) is 4.39 Å². The second-order valence-corrected chi connectivity index (χ2v) is 5.91. The van der Waals surface area contributed by atoms with Gasteiger partial charge in [-0.15, -0.1) is 0 Å². The number of anilines is 1. The molecule has 0 aromatic heterocycles. The van der Waals surface area contributed by atoms with Gasteiger partial charge in [-0.05, 0) is 43.9 Å². The van der Waals surface area contributed by atoms with E-state index in [2.05, 4.69) is 15.5 Å². The lowest BCUT2D eigenvalue weighted by Gasteiger charge is -2.25. The van der Waals surface area contributed by atoms with Crippen LogP contribution in [0, 0.1) is 5.82 Å². The van der Waals surface area contributed by atoms with Gasteiger partial charge in [0.15, 0.2) is 0 Å². The van der Waals surface area contributed by atoms with E-state index in [0.717, 1.165) is 11.3 Å². The number of rotatable bonds is 8. The fraction of sp³-hybridized carbons (Fsp3) is 0.316. The van der Waals surface area contributed by atoms with Crippen LogP contribution in [0.5, 0.6) is 5.75 Å². The molecule has 2 aromatic carbocycles. The van der Waals surface area contributed by atoms with E-state index in [1.807, 2.05) is 38.4 Å². The summed E-state index contributed by atoms with van der Waals surface area (Å²) in [6.45, 7) is 0.693. The van der Waals surface area contributed by atoms with Gasteiger partial charge in [-0.1, -0.05) is 24.3 Å². The first-order valence-corrected chi connectivity index (χ1v) is 8.06. The van der Waals surface area contributed by atoms with Crippen molar-refractivity contribution in [1.82, 2.24) is 10.2 Å². The highest BCUT2D eigenvalue weighted by molar-refractivity contribution is 5.92.